The van der Waals surface area contributed by atoms with Crippen LogP contribution in [0.2, 0.25) is 5.02 Å². The van der Waals surface area contributed by atoms with Crippen molar-refractivity contribution in [2.24, 2.45) is 0 Å². The number of halogens is 1. The molecule has 0 aliphatic carbocycles. The van der Waals surface area contributed by atoms with Crippen molar-refractivity contribution in [2.75, 3.05) is 5.73 Å². The molecule has 3 rings (SSSR count). The second kappa shape index (κ2) is 4.63. The van der Waals surface area contributed by atoms with Crippen LogP contribution in [0, 0.1) is 0 Å². The molecule has 0 amide bonds. The normalized spacial score (nSPS) is 12.9. The van der Waals surface area contributed by atoms with Gasteiger partial charge in [-0.15, -0.1) is 0 Å². The molecule has 3 aromatic rings. The second-order valence-electron chi connectivity index (χ2n) is 4.61. The van der Waals surface area contributed by atoms with Gasteiger partial charge < -0.3 is 14.7 Å². The number of benzene rings is 1. The maximum absolute atomic E-state index is 6.01. The quantitative estimate of drug-likeness (QED) is 0.793. The number of furan rings is 1. The van der Waals surface area contributed by atoms with E-state index in [1.807, 2.05) is 34.9 Å². The van der Waals surface area contributed by atoms with Gasteiger partial charge in [-0.2, -0.15) is 0 Å². The first-order valence-corrected chi connectivity index (χ1v) is 6.48. The first-order valence-electron chi connectivity index (χ1n) is 6.10. The number of anilines is 1. The van der Waals surface area contributed by atoms with Crippen LogP contribution < -0.4 is 5.73 Å². The third-order valence-corrected chi connectivity index (χ3v) is 3.43. The van der Waals surface area contributed by atoms with Crippen molar-refractivity contribution in [3.8, 4) is 0 Å². The lowest BCUT2D eigenvalue weighted by Gasteiger charge is -2.14. The molecular weight excluding hydrogens is 262 g/mol. The lowest BCUT2D eigenvalue weighted by atomic mass is 10.2. The second-order valence-corrected chi connectivity index (χ2v) is 5.04. The van der Waals surface area contributed by atoms with Gasteiger partial charge in [0.15, 0.2) is 0 Å². The van der Waals surface area contributed by atoms with Crippen molar-refractivity contribution in [3.05, 3.63) is 47.4 Å². The first kappa shape index (κ1) is 12.1. The van der Waals surface area contributed by atoms with E-state index in [-0.39, 0.29) is 6.04 Å². The Morgan fingerprint density at radius 3 is 3.00 bits per heavy atom. The van der Waals surface area contributed by atoms with Crippen molar-refractivity contribution < 1.29 is 4.42 Å². The molecule has 0 aliphatic heterocycles. The minimum atomic E-state index is 0.164. The molecule has 19 heavy (non-hydrogen) atoms. The summed E-state index contributed by atoms with van der Waals surface area (Å²) in [7, 11) is 0. The lowest BCUT2D eigenvalue weighted by molar-refractivity contribution is 0.456. The standard InChI is InChI=1S/C14H14ClN3O/c1-9(7-11-3-2-6-19-11)18-13-5-4-10(15)8-12(13)17-14(18)16/h2-6,8-9H,7H2,1H3,(H2,16,17). The van der Waals surface area contributed by atoms with Gasteiger partial charge in [0.2, 0.25) is 5.95 Å². The number of hydrogen-bond acceptors (Lipinski definition) is 3. The van der Waals surface area contributed by atoms with Crippen LogP contribution in [0.3, 0.4) is 0 Å². The zero-order valence-corrected chi connectivity index (χ0v) is 11.3. The Hall–Kier alpha value is -1.94. The minimum Gasteiger partial charge on any atom is -0.469 e. The number of imidazole rings is 1. The first-order chi connectivity index (χ1) is 9.15. The van der Waals surface area contributed by atoms with Gasteiger partial charge in [-0.3, -0.25) is 0 Å². The van der Waals surface area contributed by atoms with Crippen molar-refractivity contribution >= 4 is 28.6 Å². The topological polar surface area (TPSA) is 57.0 Å². The summed E-state index contributed by atoms with van der Waals surface area (Å²) in [6.07, 6.45) is 2.45. The molecule has 0 aliphatic rings. The number of rotatable bonds is 3. The fourth-order valence-electron chi connectivity index (χ4n) is 2.36. The highest BCUT2D eigenvalue weighted by Crippen LogP contribution is 2.27. The van der Waals surface area contributed by atoms with Gasteiger partial charge in [-0.25, -0.2) is 4.98 Å². The fraction of sp³-hybridized carbons (Fsp3) is 0.214. The number of nitrogen functional groups attached to an aromatic ring is 1. The van der Waals surface area contributed by atoms with Crippen molar-refractivity contribution in [2.45, 2.75) is 19.4 Å². The van der Waals surface area contributed by atoms with E-state index in [9.17, 15) is 0 Å². The van der Waals surface area contributed by atoms with E-state index in [0.29, 0.717) is 11.0 Å². The van der Waals surface area contributed by atoms with Gasteiger partial charge in [0.05, 0.1) is 17.3 Å². The Kier molecular flexibility index (Phi) is 2.95. The van der Waals surface area contributed by atoms with Crippen LogP contribution in [0.1, 0.15) is 18.7 Å². The van der Waals surface area contributed by atoms with E-state index < -0.39 is 0 Å². The maximum atomic E-state index is 6.01. The van der Waals surface area contributed by atoms with Gasteiger partial charge in [-0.05, 0) is 37.3 Å². The molecule has 0 fully saturated rings. The van der Waals surface area contributed by atoms with Crippen LogP contribution >= 0.6 is 11.6 Å². The van der Waals surface area contributed by atoms with E-state index >= 15 is 0 Å². The fourth-order valence-corrected chi connectivity index (χ4v) is 2.53. The number of hydrogen-bond donors (Lipinski definition) is 1. The van der Waals surface area contributed by atoms with Crippen LogP contribution in [-0.4, -0.2) is 9.55 Å². The molecule has 1 unspecified atom stereocenters. The number of fused-ring (bicyclic) bond motifs is 1. The summed E-state index contributed by atoms with van der Waals surface area (Å²) < 4.78 is 7.39. The Morgan fingerprint density at radius 2 is 2.26 bits per heavy atom. The largest absolute Gasteiger partial charge is 0.469 e. The van der Waals surface area contributed by atoms with E-state index in [0.717, 1.165) is 23.2 Å². The minimum absolute atomic E-state index is 0.164. The molecule has 2 heterocycles. The molecule has 98 valence electrons. The molecule has 2 aromatic heterocycles. The average Bonchev–Trinajstić information content (AvgIpc) is 2.95. The van der Waals surface area contributed by atoms with E-state index in [1.165, 1.54) is 0 Å². The summed E-state index contributed by atoms with van der Waals surface area (Å²) >= 11 is 5.97. The monoisotopic (exact) mass is 275 g/mol. The summed E-state index contributed by atoms with van der Waals surface area (Å²) in [5, 5.41) is 0.663. The van der Waals surface area contributed by atoms with Crippen LogP contribution in [0.5, 0.6) is 0 Å². The van der Waals surface area contributed by atoms with Crippen molar-refractivity contribution in [1.82, 2.24) is 9.55 Å². The van der Waals surface area contributed by atoms with Gasteiger partial charge in [0.1, 0.15) is 5.76 Å². The third kappa shape index (κ3) is 2.19. The lowest BCUT2D eigenvalue weighted by Crippen LogP contribution is -2.11. The third-order valence-electron chi connectivity index (χ3n) is 3.20. The summed E-state index contributed by atoms with van der Waals surface area (Å²) in [5.41, 5.74) is 7.81. The van der Waals surface area contributed by atoms with E-state index in [2.05, 4.69) is 11.9 Å². The van der Waals surface area contributed by atoms with E-state index in [1.54, 1.807) is 6.26 Å². The molecule has 0 bridgehead atoms. The van der Waals surface area contributed by atoms with Crippen LogP contribution in [0.15, 0.2) is 41.0 Å². The molecular formula is C14H14ClN3O. The average molecular weight is 276 g/mol. The Bertz CT molecular complexity index is 703. The summed E-state index contributed by atoms with van der Waals surface area (Å²) in [6, 6.07) is 9.63. The summed E-state index contributed by atoms with van der Waals surface area (Å²) in [4.78, 5) is 4.35. The molecule has 1 atom stereocenters. The summed E-state index contributed by atoms with van der Waals surface area (Å²) in [6.45, 7) is 2.09. The van der Waals surface area contributed by atoms with Crippen LogP contribution in [0.4, 0.5) is 5.95 Å². The number of aromatic nitrogens is 2. The zero-order valence-electron chi connectivity index (χ0n) is 10.5. The van der Waals surface area contributed by atoms with Gasteiger partial charge in [0, 0.05) is 17.5 Å². The highest BCUT2D eigenvalue weighted by molar-refractivity contribution is 6.31. The highest BCUT2D eigenvalue weighted by atomic mass is 35.5. The smallest absolute Gasteiger partial charge is 0.201 e. The molecule has 0 spiro atoms. The van der Waals surface area contributed by atoms with Crippen molar-refractivity contribution in [1.29, 1.82) is 0 Å². The molecule has 0 saturated heterocycles. The predicted octanol–water partition coefficient (Wildman–Crippen LogP) is 3.67. The Labute approximate surface area is 115 Å². The summed E-state index contributed by atoms with van der Waals surface area (Å²) in [5.74, 6) is 1.43. The van der Waals surface area contributed by atoms with Crippen LogP contribution in [0.25, 0.3) is 11.0 Å². The highest BCUT2D eigenvalue weighted by Gasteiger charge is 2.15. The zero-order chi connectivity index (χ0) is 13.4. The Balaban J connectivity index is 2.01. The number of nitrogens with zero attached hydrogens (tertiary/aromatic N) is 2. The number of nitrogens with two attached hydrogens (primary N) is 1. The van der Waals surface area contributed by atoms with Crippen LogP contribution in [-0.2, 0) is 6.42 Å². The van der Waals surface area contributed by atoms with Gasteiger partial charge in [0.25, 0.3) is 0 Å². The van der Waals surface area contributed by atoms with Gasteiger partial charge >= 0.3 is 0 Å². The maximum Gasteiger partial charge on any atom is 0.201 e. The van der Waals surface area contributed by atoms with Gasteiger partial charge in [-0.1, -0.05) is 11.6 Å². The Morgan fingerprint density at radius 1 is 1.42 bits per heavy atom. The molecule has 2 N–H and O–H groups in total. The molecule has 0 radical (unpaired) electrons. The molecule has 5 heteroatoms. The predicted molar refractivity (Wildman–Crippen MR) is 76.3 cm³/mol. The van der Waals surface area contributed by atoms with Crippen molar-refractivity contribution in [3.63, 3.8) is 0 Å². The molecule has 4 nitrogen and oxygen atoms in total. The van der Waals surface area contributed by atoms with E-state index in [4.69, 9.17) is 21.8 Å². The SMILES string of the molecule is CC(Cc1ccco1)n1c(N)nc2cc(Cl)ccc21. The molecule has 0 saturated carbocycles. The molecule has 1 aromatic carbocycles.